The Bertz CT molecular complexity index is 724. The molecule has 1 unspecified atom stereocenters. The molecule has 1 atom stereocenters. The Balaban J connectivity index is 1.51. The zero-order valence-corrected chi connectivity index (χ0v) is 14.7. The van der Waals surface area contributed by atoms with E-state index in [1.54, 1.807) is 17.8 Å². The van der Waals surface area contributed by atoms with E-state index in [2.05, 4.69) is 34.6 Å². The second-order valence-electron chi connectivity index (χ2n) is 4.94. The van der Waals surface area contributed by atoms with Crippen molar-refractivity contribution in [2.24, 2.45) is 4.99 Å². The molecule has 0 radical (unpaired) electrons. The van der Waals surface area contributed by atoms with Crippen LogP contribution in [-0.2, 0) is 0 Å². The van der Waals surface area contributed by atoms with Crippen LogP contribution in [0.5, 0.6) is 0 Å². The van der Waals surface area contributed by atoms with Crippen LogP contribution in [0.4, 0.5) is 11.4 Å². The maximum atomic E-state index is 10.8. The van der Waals surface area contributed by atoms with E-state index < -0.39 is 0 Å². The van der Waals surface area contributed by atoms with Crippen LogP contribution >= 0.6 is 11.8 Å². The third-order valence-electron chi connectivity index (χ3n) is 3.20. The fourth-order valence-electron chi connectivity index (χ4n) is 2.10. The zero-order chi connectivity index (χ0) is 16.1. The normalized spacial score (nSPS) is 16.9. The van der Waals surface area contributed by atoms with Crippen molar-refractivity contribution in [3.05, 3.63) is 64.7 Å². The molecule has 23 heavy (non-hydrogen) atoms. The summed E-state index contributed by atoms with van der Waals surface area (Å²) in [7, 11) is 0. The number of nitro benzene ring substituents is 1. The first-order valence-corrected chi connectivity index (χ1v) is 10.1. The van der Waals surface area contributed by atoms with Gasteiger partial charge in [0.15, 0.2) is 0 Å². The summed E-state index contributed by atoms with van der Waals surface area (Å²) in [6.45, 7) is 0.802. The fraction of sp³-hybridized carbons (Fsp3) is 0.188. The van der Waals surface area contributed by atoms with E-state index in [4.69, 9.17) is 0 Å². The number of non-ortho nitro benzene ring substituents is 1. The number of nitrogens with one attached hydrogen (secondary N) is 1. The third-order valence-corrected chi connectivity index (χ3v) is 7.25. The van der Waals surface area contributed by atoms with Crippen LogP contribution in [0.25, 0.3) is 0 Å². The van der Waals surface area contributed by atoms with Crippen LogP contribution in [0.1, 0.15) is 0 Å². The third kappa shape index (κ3) is 4.58. The van der Waals surface area contributed by atoms with Crippen molar-refractivity contribution in [2.75, 3.05) is 11.9 Å². The first kappa shape index (κ1) is 16.1. The molecule has 0 aromatic heterocycles. The predicted molar refractivity (Wildman–Crippen MR) is 97.0 cm³/mol. The molecule has 1 aliphatic heterocycles. The molecule has 118 valence electrons. The molecule has 2 aromatic carbocycles. The van der Waals surface area contributed by atoms with Gasteiger partial charge in [0, 0.05) is 0 Å². The van der Waals surface area contributed by atoms with Crippen LogP contribution in [0.2, 0.25) is 5.32 Å². The van der Waals surface area contributed by atoms with Gasteiger partial charge in [-0.15, -0.1) is 0 Å². The van der Waals surface area contributed by atoms with Gasteiger partial charge >= 0.3 is 145 Å². The molecule has 1 aliphatic rings. The second kappa shape index (κ2) is 7.64. The van der Waals surface area contributed by atoms with Gasteiger partial charge in [-0.1, -0.05) is 0 Å². The van der Waals surface area contributed by atoms with Crippen LogP contribution in [0.3, 0.4) is 0 Å². The summed E-state index contributed by atoms with van der Waals surface area (Å²) in [5.41, 5.74) is 0.794. The van der Waals surface area contributed by atoms with Crippen molar-refractivity contribution in [1.82, 2.24) is 0 Å². The van der Waals surface area contributed by atoms with E-state index in [9.17, 15) is 10.1 Å². The average Bonchev–Trinajstić information content (AvgIpc) is 3.01. The molecule has 5 nitrogen and oxygen atoms in total. The SMILES string of the molecule is O=[N+]([O-])c1cccc(NC2=NCC(C[Se]c3ccccc3)S2)c1. The van der Waals surface area contributed by atoms with Crippen molar-refractivity contribution in [3.63, 3.8) is 0 Å². The average molecular weight is 392 g/mol. The molecule has 0 amide bonds. The molecule has 0 aliphatic carbocycles. The molecular formula is C16H15N3O2SSe. The van der Waals surface area contributed by atoms with Gasteiger partial charge in [0.1, 0.15) is 0 Å². The van der Waals surface area contributed by atoms with Gasteiger partial charge in [0.05, 0.1) is 0 Å². The summed E-state index contributed by atoms with van der Waals surface area (Å²) < 4.78 is 1.40. The number of aliphatic imine (C=N–C) groups is 1. The first-order chi connectivity index (χ1) is 11.2. The van der Waals surface area contributed by atoms with Gasteiger partial charge in [-0.3, -0.25) is 0 Å². The molecule has 3 rings (SSSR count). The maximum absolute atomic E-state index is 10.8. The Morgan fingerprint density at radius 2 is 2.09 bits per heavy atom. The van der Waals surface area contributed by atoms with Gasteiger partial charge in [0.2, 0.25) is 0 Å². The number of thioether (sulfide) groups is 1. The first-order valence-electron chi connectivity index (χ1n) is 7.11. The number of rotatable bonds is 5. The van der Waals surface area contributed by atoms with Crippen LogP contribution in [0.15, 0.2) is 59.6 Å². The number of hydrogen-bond acceptors (Lipinski definition) is 5. The summed E-state index contributed by atoms with van der Waals surface area (Å²) >= 11 is 2.18. The minimum atomic E-state index is -0.389. The minimum absolute atomic E-state index is 0.0857. The van der Waals surface area contributed by atoms with Crippen LogP contribution < -0.4 is 9.78 Å². The van der Waals surface area contributed by atoms with Crippen molar-refractivity contribution < 1.29 is 4.92 Å². The summed E-state index contributed by atoms with van der Waals surface area (Å²) in [5.74, 6) is 0. The molecule has 0 spiro atoms. The van der Waals surface area contributed by atoms with Gasteiger partial charge in [0.25, 0.3) is 0 Å². The van der Waals surface area contributed by atoms with Crippen molar-refractivity contribution in [3.8, 4) is 0 Å². The van der Waals surface area contributed by atoms with E-state index in [-0.39, 0.29) is 10.6 Å². The van der Waals surface area contributed by atoms with E-state index in [0.29, 0.717) is 25.9 Å². The summed E-state index contributed by atoms with van der Waals surface area (Å²) in [6, 6.07) is 17.0. The number of hydrogen-bond donors (Lipinski definition) is 1. The molecule has 2 aromatic rings. The molecule has 0 saturated heterocycles. The number of amidine groups is 1. The standard InChI is InChI=1S/C16H15N3O2SSe/c20-19(21)13-6-4-5-12(9-13)18-16-17-10-14(22-16)11-23-15-7-2-1-3-8-15/h1-9,14H,10-11H2,(H,17,18). The summed E-state index contributed by atoms with van der Waals surface area (Å²) in [4.78, 5) is 14.9. The molecule has 1 heterocycles. The number of nitrogens with zero attached hydrogens (tertiary/aromatic N) is 2. The zero-order valence-electron chi connectivity index (χ0n) is 12.2. The van der Waals surface area contributed by atoms with Crippen molar-refractivity contribution in [1.29, 1.82) is 0 Å². The quantitative estimate of drug-likeness (QED) is 0.483. The van der Waals surface area contributed by atoms with E-state index in [1.807, 2.05) is 12.1 Å². The van der Waals surface area contributed by atoms with Crippen LogP contribution in [-0.4, -0.2) is 36.8 Å². The molecule has 1 N–H and O–H groups in total. The number of benzene rings is 2. The van der Waals surface area contributed by atoms with Gasteiger partial charge in [-0.2, -0.15) is 0 Å². The Labute approximate surface area is 144 Å². The molecule has 0 bridgehead atoms. The molecular weight excluding hydrogens is 377 g/mol. The summed E-state index contributed by atoms with van der Waals surface area (Å²) in [6.07, 6.45) is 0. The van der Waals surface area contributed by atoms with Gasteiger partial charge in [-0.05, 0) is 0 Å². The summed E-state index contributed by atoms with van der Waals surface area (Å²) in [5, 5.41) is 16.4. The van der Waals surface area contributed by atoms with Crippen molar-refractivity contribution >= 4 is 47.7 Å². The Morgan fingerprint density at radius 1 is 1.26 bits per heavy atom. The Morgan fingerprint density at radius 3 is 2.87 bits per heavy atom. The number of anilines is 1. The predicted octanol–water partition coefficient (Wildman–Crippen LogP) is 2.93. The Kier molecular flexibility index (Phi) is 5.33. The van der Waals surface area contributed by atoms with E-state index in [1.165, 1.54) is 16.6 Å². The van der Waals surface area contributed by atoms with E-state index >= 15 is 0 Å². The van der Waals surface area contributed by atoms with E-state index in [0.717, 1.165) is 17.0 Å². The fourth-order valence-corrected chi connectivity index (χ4v) is 5.49. The Hall–Kier alpha value is -1.82. The molecule has 0 fully saturated rings. The monoisotopic (exact) mass is 393 g/mol. The van der Waals surface area contributed by atoms with Crippen molar-refractivity contribution in [2.45, 2.75) is 10.6 Å². The number of nitro groups is 1. The topological polar surface area (TPSA) is 67.5 Å². The van der Waals surface area contributed by atoms with Crippen LogP contribution in [0, 0.1) is 10.1 Å². The second-order valence-corrected chi connectivity index (χ2v) is 8.53. The van der Waals surface area contributed by atoms with Gasteiger partial charge in [-0.25, -0.2) is 0 Å². The van der Waals surface area contributed by atoms with Gasteiger partial charge < -0.3 is 0 Å². The molecule has 0 saturated carbocycles. The molecule has 7 heteroatoms.